The van der Waals surface area contributed by atoms with E-state index in [0.29, 0.717) is 5.56 Å². The van der Waals surface area contributed by atoms with E-state index in [1.54, 1.807) is 19.1 Å². The van der Waals surface area contributed by atoms with Gasteiger partial charge in [-0.15, -0.1) is 0 Å². The predicted molar refractivity (Wildman–Crippen MR) is 74.8 cm³/mol. The summed E-state index contributed by atoms with van der Waals surface area (Å²) in [5.41, 5.74) is 5.17. The molecule has 20 heavy (non-hydrogen) atoms. The molecule has 1 atom stereocenters. The Morgan fingerprint density at radius 3 is 2.60 bits per heavy atom. The van der Waals surface area contributed by atoms with Crippen molar-refractivity contribution in [2.45, 2.75) is 12.5 Å². The number of nitrogens with zero attached hydrogens (tertiary/aromatic N) is 2. The molecule has 6 nitrogen and oxygen atoms in total. The number of nitrogen functional groups attached to an aromatic ring is 1. The van der Waals surface area contributed by atoms with E-state index in [4.69, 9.17) is 5.73 Å². The molecule has 1 amide bonds. The second kappa shape index (κ2) is 5.66. The standard InChI is InChI=1S/C14H16N4O2/c1-14(20,10-5-3-2-4-6-10)9-18-13(19)11-12(15)17-8-7-16-11/h2-8,20H,9H2,1H3,(H2,15,17)(H,18,19). The van der Waals surface area contributed by atoms with Gasteiger partial charge >= 0.3 is 0 Å². The number of carbonyl (C=O) groups is 1. The molecule has 1 heterocycles. The molecule has 0 radical (unpaired) electrons. The molecular weight excluding hydrogens is 256 g/mol. The second-order valence-electron chi connectivity index (χ2n) is 4.61. The molecule has 0 fully saturated rings. The summed E-state index contributed by atoms with van der Waals surface area (Å²) >= 11 is 0. The molecule has 1 aromatic carbocycles. The van der Waals surface area contributed by atoms with Gasteiger partial charge in [-0.1, -0.05) is 30.3 Å². The lowest BCUT2D eigenvalue weighted by Crippen LogP contribution is -2.39. The summed E-state index contributed by atoms with van der Waals surface area (Å²) in [5.74, 6) is -0.406. The van der Waals surface area contributed by atoms with Crippen LogP contribution in [0, 0.1) is 0 Å². The minimum absolute atomic E-state index is 0.0475. The fourth-order valence-electron chi connectivity index (χ4n) is 1.76. The lowest BCUT2D eigenvalue weighted by Gasteiger charge is -2.24. The van der Waals surface area contributed by atoms with Gasteiger partial charge in [-0.05, 0) is 12.5 Å². The fourth-order valence-corrected chi connectivity index (χ4v) is 1.76. The molecule has 0 saturated carbocycles. The number of anilines is 1. The predicted octanol–water partition coefficient (Wildman–Crippen LogP) is 0.696. The minimum atomic E-state index is -1.17. The summed E-state index contributed by atoms with van der Waals surface area (Å²) < 4.78 is 0. The number of hydrogen-bond acceptors (Lipinski definition) is 5. The monoisotopic (exact) mass is 272 g/mol. The van der Waals surface area contributed by atoms with Crippen molar-refractivity contribution in [1.82, 2.24) is 15.3 Å². The molecule has 4 N–H and O–H groups in total. The van der Waals surface area contributed by atoms with Gasteiger partial charge in [0.25, 0.3) is 5.91 Å². The van der Waals surface area contributed by atoms with Crippen LogP contribution in [0.25, 0.3) is 0 Å². The van der Waals surface area contributed by atoms with E-state index < -0.39 is 11.5 Å². The topological polar surface area (TPSA) is 101 Å². The van der Waals surface area contributed by atoms with E-state index in [0.717, 1.165) is 0 Å². The third-order valence-corrected chi connectivity index (χ3v) is 2.93. The molecule has 0 saturated heterocycles. The molecule has 2 rings (SSSR count). The number of benzene rings is 1. The maximum atomic E-state index is 11.9. The molecule has 0 aliphatic heterocycles. The number of nitrogens with two attached hydrogens (primary N) is 1. The molecule has 2 aromatic rings. The van der Waals surface area contributed by atoms with Crippen molar-refractivity contribution in [2.24, 2.45) is 0 Å². The number of rotatable bonds is 4. The smallest absolute Gasteiger partial charge is 0.273 e. The molecule has 0 bridgehead atoms. The average molecular weight is 272 g/mol. The summed E-state index contributed by atoms with van der Waals surface area (Å²) in [6, 6.07) is 9.10. The number of carbonyl (C=O) groups excluding carboxylic acids is 1. The number of aromatic nitrogens is 2. The van der Waals surface area contributed by atoms with Gasteiger partial charge in [-0.2, -0.15) is 0 Å². The summed E-state index contributed by atoms with van der Waals surface area (Å²) in [4.78, 5) is 19.6. The SMILES string of the molecule is CC(O)(CNC(=O)c1nccnc1N)c1ccccc1. The zero-order valence-corrected chi connectivity index (χ0v) is 11.1. The Morgan fingerprint density at radius 1 is 1.30 bits per heavy atom. The van der Waals surface area contributed by atoms with Gasteiger partial charge in [0.15, 0.2) is 11.5 Å². The third kappa shape index (κ3) is 3.10. The summed E-state index contributed by atoms with van der Waals surface area (Å²) in [6.07, 6.45) is 2.80. The number of amides is 1. The van der Waals surface area contributed by atoms with Crippen molar-refractivity contribution in [3.05, 3.63) is 54.0 Å². The molecule has 1 aromatic heterocycles. The van der Waals surface area contributed by atoms with Gasteiger partial charge in [0.05, 0.1) is 6.54 Å². The highest BCUT2D eigenvalue weighted by Gasteiger charge is 2.24. The van der Waals surface area contributed by atoms with Crippen LogP contribution in [0.5, 0.6) is 0 Å². The first kappa shape index (κ1) is 14.0. The van der Waals surface area contributed by atoms with Gasteiger partial charge in [0.2, 0.25) is 0 Å². The summed E-state index contributed by atoms with van der Waals surface area (Å²) in [5, 5.41) is 13.0. The Kier molecular flexibility index (Phi) is 3.95. The van der Waals surface area contributed by atoms with Gasteiger partial charge in [0.1, 0.15) is 5.60 Å². The van der Waals surface area contributed by atoms with Crippen LogP contribution in [0.4, 0.5) is 5.82 Å². The van der Waals surface area contributed by atoms with Gasteiger partial charge in [0, 0.05) is 12.4 Å². The Bertz CT molecular complexity index is 599. The van der Waals surface area contributed by atoms with Crippen LogP contribution in [0.2, 0.25) is 0 Å². The van der Waals surface area contributed by atoms with Crippen molar-refractivity contribution in [1.29, 1.82) is 0 Å². The van der Waals surface area contributed by atoms with Crippen molar-refractivity contribution in [3.8, 4) is 0 Å². The zero-order valence-electron chi connectivity index (χ0n) is 11.1. The van der Waals surface area contributed by atoms with E-state index in [1.165, 1.54) is 12.4 Å². The average Bonchev–Trinajstić information content (AvgIpc) is 2.46. The van der Waals surface area contributed by atoms with Gasteiger partial charge < -0.3 is 16.2 Å². The number of nitrogens with one attached hydrogen (secondary N) is 1. The maximum absolute atomic E-state index is 11.9. The van der Waals surface area contributed by atoms with Crippen molar-refractivity contribution in [3.63, 3.8) is 0 Å². The first-order valence-electron chi connectivity index (χ1n) is 6.13. The lowest BCUT2D eigenvalue weighted by molar-refractivity contribution is 0.0525. The first-order chi connectivity index (χ1) is 9.50. The highest BCUT2D eigenvalue weighted by molar-refractivity contribution is 5.96. The third-order valence-electron chi connectivity index (χ3n) is 2.93. The highest BCUT2D eigenvalue weighted by Crippen LogP contribution is 2.19. The van der Waals surface area contributed by atoms with Crippen LogP contribution in [-0.4, -0.2) is 27.5 Å². The molecule has 0 spiro atoms. The molecule has 0 aliphatic carbocycles. The highest BCUT2D eigenvalue weighted by atomic mass is 16.3. The van der Waals surface area contributed by atoms with Crippen LogP contribution in [0.3, 0.4) is 0 Å². The van der Waals surface area contributed by atoms with Crippen LogP contribution < -0.4 is 11.1 Å². The molecule has 104 valence electrons. The summed E-state index contributed by atoms with van der Waals surface area (Å²) in [6.45, 7) is 1.68. The Labute approximate surface area is 116 Å². The maximum Gasteiger partial charge on any atom is 0.273 e. The zero-order chi connectivity index (χ0) is 14.6. The van der Waals surface area contributed by atoms with E-state index in [-0.39, 0.29) is 18.1 Å². The quantitative estimate of drug-likeness (QED) is 0.760. The van der Waals surface area contributed by atoms with E-state index in [9.17, 15) is 9.90 Å². The Hall–Kier alpha value is -2.47. The largest absolute Gasteiger partial charge is 0.384 e. The number of hydrogen-bond donors (Lipinski definition) is 3. The molecular formula is C14H16N4O2. The Balaban J connectivity index is 2.05. The second-order valence-corrected chi connectivity index (χ2v) is 4.61. The van der Waals surface area contributed by atoms with Crippen LogP contribution in [0.15, 0.2) is 42.7 Å². The Morgan fingerprint density at radius 2 is 1.95 bits per heavy atom. The minimum Gasteiger partial charge on any atom is -0.384 e. The normalized spacial score (nSPS) is 13.5. The molecule has 0 aliphatic rings. The first-order valence-corrected chi connectivity index (χ1v) is 6.13. The van der Waals surface area contributed by atoms with Crippen LogP contribution in [0.1, 0.15) is 23.0 Å². The fraction of sp³-hybridized carbons (Fsp3) is 0.214. The van der Waals surface area contributed by atoms with Crippen molar-refractivity contribution >= 4 is 11.7 Å². The number of aliphatic hydroxyl groups is 1. The van der Waals surface area contributed by atoms with Gasteiger partial charge in [-0.3, -0.25) is 4.79 Å². The van der Waals surface area contributed by atoms with E-state index in [2.05, 4.69) is 15.3 Å². The van der Waals surface area contributed by atoms with Crippen LogP contribution in [-0.2, 0) is 5.60 Å². The lowest BCUT2D eigenvalue weighted by atomic mass is 9.96. The van der Waals surface area contributed by atoms with E-state index >= 15 is 0 Å². The van der Waals surface area contributed by atoms with Crippen LogP contribution >= 0.6 is 0 Å². The van der Waals surface area contributed by atoms with Crippen molar-refractivity contribution < 1.29 is 9.90 Å². The van der Waals surface area contributed by atoms with Gasteiger partial charge in [-0.25, -0.2) is 9.97 Å². The summed E-state index contributed by atoms with van der Waals surface area (Å²) in [7, 11) is 0. The molecule has 1 unspecified atom stereocenters. The molecule has 6 heteroatoms. The van der Waals surface area contributed by atoms with E-state index in [1.807, 2.05) is 18.2 Å². The van der Waals surface area contributed by atoms with Crippen molar-refractivity contribution in [2.75, 3.05) is 12.3 Å².